The van der Waals surface area contributed by atoms with Crippen LogP contribution in [0.25, 0.3) is 0 Å². The van der Waals surface area contributed by atoms with Crippen molar-refractivity contribution in [1.82, 2.24) is 0 Å². The molecule has 1 aromatic carbocycles. The number of nitrogens with two attached hydrogens (primary N) is 1. The molecule has 0 atom stereocenters. The highest BCUT2D eigenvalue weighted by atomic mass is 19.1. The van der Waals surface area contributed by atoms with Gasteiger partial charge in [-0.25, -0.2) is 9.18 Å². The molecule has 0 amide bonds. The Labute approximate surface area is 67.1 Å². The summed E-state index contributed by atoms with van der Waals surface area (Å²) in [6.07, 6.45) is 0. The van der Waals surface area contributed by atoms with E-state index in [0.29, 0.717) is 0 Å². The molecule has 0 fully saturated rings. The monoisotopic (exact) mass is 171 g/mol. The van der Waals surface area contributed by atoms with Gasteiger partial charge in [0, 0.05) is 6.07 Å². The smallest absolute Gasteiger partial charge is 0.338 e. The number of hydrogen-bond acceptors (Lipinski definition) is 3. The first-order valence-corrected chi connectivity index (χ1v) is 3.03. The fourth-order valence-corrected chi connectivity index (χ4v) is 0.780. The van der Waals surface area contributed by atoms with E-state index in [1.807, 2.05) is 0 Å². The molecule has 0 aliphatic carbocycles. The number of phenolic OH excluding ortho intramolecular Hbond substituents is 1. The molecule has 12 heavy (non-hydrogen) atoms. The van der Waals surface area contributed by atoms with Crippen LogP contribution in [0.4, 0.5) is 10.1 Å². The summed E-state index contributed by atoms with van der Waals surface area (Å²) in [6, 6.07) is 1.64. The van der Waals surface area contributed by atoms with Gasteiger partial charge >= 0.3 is 5.97 Å². The topological polar surface area (TPSA) is 83.5 Å². The van der Waals surface area contributed by atoms with Crippen LogP contribution in [0.5, 0.6) is 5.75 Å². The van der Waals surface area contributed by atoms with Gasteiger partial charge < -0.3 is 15.9 Å². The summed E-state index contributed by atoms with van der Waals surface area (Å²) in [5.74, 6) is -2.77. The van der Waals surface area contributed by atoms with Crippen molar-refractivity contribution in [3.8, 4) is 5.75 Å². The van der Waals surface area contributed by atoms with Gasteiger partial charge in [-0.3, -0.25) is 0 Å². The van der Waals surface area contributed by atoms with Crippen molar-refractivity contribution < 1.29 is 19.4 Å². The standard InChI is InChI=1S/C7H6FNO3/c8-5-2-3(10)1-4(6(5)9)7(11)12/h1-2,10H,9H2,(H,11,12). The molecule has 0 spiro atoms. The molecule has 4 nitrogen and oxygen atoms in total. The fraction of sp³-hybridized carbons (Fsp3) is 0. The van der Waals surface area contributed by atoms with Gasteiger partial charge in [0.1, 0.15) is 5.75 Å². The second kappa shape index (κ2) is 2.69. The number of aromatic hydroxyl groups is 1. The van der Waals surface area contributed by atoms with Gasteiger partial charge in [-0.05, 0) is 6.07 Å². The predicted molar refractivity (Wildman–Crippen MR) is 39.4 cm³/mol. The fourth-order valence-electron chi connectivity index (χ4n) is 0.780. The highest BCUT2D eigenvalue weighted by molar-refractivity contribution is 5.94. The quantitative estimate of drug-likeness (QED) is 0.431. The van der Waals surface area contributed by atoms with Gasteiger partial charge in [-0.1, -0.05) is 0 Å². The Morgan fingerprint density at radius 3 is 2.58 bits per heavy atom. The molecule has 0 heterocycles. The molecule has 0 aromatic heterocycles. The second-order valence-corrected chi connectivity index (χ2v) is 2.19. The Kier molecular flexibility index (Phi) is 1.86. The van der Waals surface area contributed by atoms with E-state index < -0.39 is 28.8 Å². The minimum atomic E-state index is -1.37. The number of halogens is 1. The first-order chi connectivity index (χ1) is 5.52. The normalized spacial score (nSPS) is 9.75. The average molecular weight is 171 g/mol. The third kappa shape index (κ3) is 1.29. The van der Waals surface area contributed by atoms with E-state index in [0.717, 1.165) is 12.1 Å². The number of nitrogen functional groups attached to an aromatic ring is 1. The SMILES string of the molecule is Nc1c(F)cc(O)cc1C(=O)O. The maximum atomic E-state index is 12.7. The Morgan fingerprint density at radius 2 is 2.08 bits per heavy atom. The van der Waals surface area contributed by atoms with Gasteiger partial charge in [-0.2, -0.15) is 0 Å². The van der Waals surface area contributed by atoms with Gasteiger partial charge in [0.05, 0.1) is 11.3 Å². The molecule has 0 radical (unpaired) electrons. The van der Waals surface area contributed by atoms with Crippen molar-refractivity contribution in [3.05, 3.63) is 23.5 Å². The lowest BCUT2D eigenvalue weighted by Gasteiger charge is -2.01. The Morgan fingerprint density at radius 1 is 1.50 bits per heavy atom. The predicted octanol–water partition coefficient (Wildman–Crippen LogP) is 0.812. The van der Waals surface area contributed by atoms with Crippen LogP contribution in [0.15, 0.2) is 12.1 Å². The van der Waals surface area contributed by atoms with Gasteiger partial charge in [0.15, 0.2) is 5.82 Å². The minimum Gasteiger partial charge on any atom is -0.508 e. The van der Waals surface area contributed by atoms with Crippen LogP contribution in [0.1, 0.15) is 10.4 Å². The Balaban J connectivity index is 3.37. The zero-order valence-electron chi connectivity index (χ0n) is 5.91. The number of benzene rings is 1. The summed E-state index contributed by atoms with van der Waals surface area (Å²) in [5.41, 5.74) is 4.18. The maximum absolute atomic E-state index is 12.7. The summed E-state index contributed by atoms with van der Waals surface area (Å²) >= 11 is 0. The van der Waals surface area contributed by atoms with Crippen LogP contribution in [0.3, 0.4) is 0 Å². The third-order valence-electron chi connectivity index (χ3n) is 1.34. The van der Waals surface area contributed by atoms with Crippen LogP contribution < -0.4 is 5.73 Å². The largest absolute Gasteiger partial charge is 0.508 e. The molecule has 64 valence electrons. The van der Waals surface area contributed by atoms with Crippen molar-refractivity contribution in [2.75, 3.05) is 5.73 Å². The molecule has 0 unspecified atom stereocenters. The number of aromatic carboxylic acids is 1. The van der Waals surface area contributed by atoms with Crippen molar-refractivity contribution in [3.63, 3.8) is 0 Å². The number of hydrogen-bond donors (Lipinski definition) is 3. The molecule has 0 aliphatic rings. The first-order valence-electron chi connectivity index (χ1n) is 3.03. The molecule has 5 heteroatoms. The summed E-state index contributed by atoms with van der Waals surface area (Å²) in [7, 11) is 0. The van der Waals surface area contributed by atoms with Gasteiger partial charge in [0.2, 0.25) is 0 Å². The highest BCUT2D eigenvalue weighted by Crippen LogP contribution is 2.22. The molecule has 0 bridgehead atoms. The molecule has 0 saturated heterocycles. The van der Waals surface area contributed by atoms with E-state index in [-0.39, 0.29) is 0 Å². The third-order valence-corrected chi connectivity index (χ3v) is 1.34. The average Bonchev–Trinajstić information content (AvgIpc) is 1.96. The Bertz CT molecular complexity index is 338. The van der Waals surface area contributed by atoms with E-state index in [9.17, 15) is 9.18 Å². The number of carboxylic acids is 1. The summed E-state index contributed by atoms with van der Waals surface area (Å²) in [5, 5.41) is 17.3. The van der Waals surface area contributed by atoms with E-state index in [4.69, 9.17) is 15.9 Å². The van der Waals surface area contributed by atoms with Crippen molar-refractivity contribution in [1.29, 1.82) is 0 Å². The van der Waals surface area contributed by atoms with Crippen molar-refractivity contribution in [2.45, 2.75) is 0 Å². The number of carbonyl (C=O) groups is 1. The van der Waals surface area contributed by atoms with Gasteiger partial charge in [0.25, 0.3) is 0 Å². The lowest BCUT2D eigenvalue weighted by Crippen LogP contribution is -2.04. The van der Waals surface area contributed by atoms with Crippen LogP contribution in [0, 0.1) is 5.82 Å². The molecule has 4 N–H and O–H groups in total. The zero-order chi connectivity index (χ0) is 9.30. The van der Waals surface area contributed by atoms with Crippen molar-refractivity contribution >= 4 is 11.7 Å². The second-order valence-electron chi connectivity index (χ2n) is 2.19. The van der Waals surface area contributed by atoms with Crippen LogP contribution >= 0.6 is 0 Å². The van der Waals surface area contributed by atoms with Crippen LogP contribution in [-0.4, -0.2) is 16.2 Å². The summed E-state index contributed by atoms with van der Waals surface area (Å²) in [6.45, 7) is 0. The van der Waals surface area contributed by atoms with Crippen LogP contribution in [-0.2, 0) is 0 Å². The van der Waals surface area contributed by atoms with E-state index >= 15 is 0 Å². The first kappa shape index (κ1) is 8.32. The number of carboxylic acid groups (broad SMARTS) is 1. The number of anilines is 1. The molecule has 0 aliphatic heterocycles. The lowest BCUT2D eigenvalue weighted by molar-refractivity contribution is 0.0697. The molecule has 1 aromatic rings. The molecule has 1 rings (SSSR count). The zero-order valence-corrected chi connectivity index (χ0v) is 5.91. The van der Waals surface area contributed by atoms with Crippen LogP contribution in [0.2, 0.25) is 0 Å². The Hall–Kier alpha value is -1.78. The molecule has 0 saturated carbocycles. The lowest BCUT2D eigenvalue weighted by atomic mass is 10.1. The number of phenols is 1. The summed E-state index contributed by atoms with van der Waals surface area (Å²) in [4.78, 5) is 10.4. The summed E-state index contributed by atoms with van der Waals surface area (Å²) < 4.78 is 12.7. The van der Waals surface area contributed by atoms with E-state index in [2.05, 4.69) is 0 Å². The van der Waals surface area contributed by atoms with E-state index in [1.54, 1.807) is 0 Å². The number of rotatable bonds is 1. The van der Waals surface area contributed by atoms with Gasteiger partial charge in [-0.15, -0.1) is 0 Å². The maximum Gasteiger partial charge on any atom is 0.338 e. The highest BCUT2D eigenvalue weighted by Gasteiger charge is 2.12. The molecular formula is C7H6FNO3. The van der Waals surface area contributed by atoms with E-state index in [1.165, 1.54) is 0 Å². The minimum absolute atomic E-state index is 0.437. The molecular weight excluding hydrogens is 165 g/mol. The van der Waals surface area contributed by atoms with Crippen molar-refractivity contribution in [2.24, 2.45) is 0 Å².